The summed E-state index contributed by atoms with van der Waals surface area (Å²) in [5, 5.41) is 6.96. The molecule has 5 rings (SSSR count). The minimum Gasteiger partial charge on any atom is -0.465 e. The lowest BCUT2D eigenvalue weighted by atomic mass is 9.96. The Morgan fingerprint density at radius 1 is 1.02 bits per heavy atom. The first-order chi connectivity index (χ1) is 20.2. The summed E-state index contributed by atoms with van der Waals surface area (Å²) in [6.45, 7) is 5.99. The molecule has 2 aromatic carbocycles. The lowest BCUT2D eigenvalue weighted by Gasteiger charge is -2.29. The third-order valence-electron chi connectivity index (χ3n) is 7.47. The van der Waals surface area contributed by atoms with Crippen molar-refractivity contribution in [1.29, 1.82) is 0 Å². The van der Waals surface area contributed by atoms with Crippen LogP contribution in [0, 0.1) is 20.8 Å². The Balaban J connectivity index is 1.63. The van der Waals surface area contributed by atoms with E-state index < -0.39 is 5.97 Å². The normalized spacial score (nSPS) is 16.3. The molecule has 0 aliphatic carbocycles. The first-order valence-corrected chi connectivity index (χ1v) is 13.9. The van der Waals surface area contributed by atoms with E-state index in [4.69, 9.17) is 21.7 Å². The minimum absolute atomic E-state index is 0.0239. The largest absolute Gasteiger partial charge is 0.465 e. The molecule has 0 bridgehead atoms. The maximum Gasteiger partial charge on any atom is 0.339 e. The second kappa shape index (κ2) is 12.1. The summed E-state index contributed by atoms with van der Waals surface area (Å²) in [6, 6.07) is 20.7. The number of hydrogen-bond acceptors (Lipinski definition) is 6. The highest BCUT2D eigenvalue weighted by molar-refractivity contribution is 7.80. The molecule has 2 aromatic heterocycles. The van der Waals surface area contributed by atoms with Gasteiger partial charge >= 0.3 is 5.97 Å². The number of aryl methyl sites for hydroxylation is 2. The fourth-order valence-electron chi connectivity index (χ4n) is 5.61. The van der Waals surface area contributed by atoms with E-state index in [1.807, 2.05) is 75.4 Å². The summed E-state index contributed by atoms with van der Waals surface area (Å²) in [6.07, 6.45) is 1.78. The molecule has 0 spiro atoms. The first-order valence-electron chi connectivity index (χ1n) is 13.5. The number of aromatic nitrogens is 2. The maximum atomic E-state index is 12.7. The van der Waals surface area contributed by atoms with E-state index in [0.717, 1.165) is 39.6 Å². The van der Waals surface area contributed by atoms with Crippen molar-refractivity contribution in [2.24, 2.45) is 0 Å². The van der Waals surface area contributed by atoms with Crippen LogP contribution in [0.2, 0.25) is 0 Å². The van der Waals surface area contributed by atoms with Gasteiger partial charge in [0.1, 0.15) is 6.61 Å². The van der Waals surface area contributed by atoms with Crippen LogP contribution in [0.1, 0.15) is 50.7 Å². The van der Waals surface area contributed by atoms with Crippen molar-refractivity contribution in [3.8, 4) is 5.69 Å². The molecule has 42 heavy (non-hydrogen) atoms. The van der Waals surface area contributed by atoms with Crippen molar-refractivity contribution in [2.75, 3.05) is 31.0 Å². The van der Waals surface area contributed by atoms with Gasteiger partial charge in [0.05, 0.1) is 36.1 Å². The van der Waals surface area contributed by atoms with Gasteiger partial charge in [-0.1, -0.05) is 18.2 Å². The third kappa shape index (κ3) is 5.38. The average molecular weight is 584 g/mol. The van der Waals surface area contributed by atoms with Gasteiger partial charge in [0.25, 0.3) is 0 Å². The summed E-state index contributed by atoms with van der Waals surface area (Å²) < 4.78 is 12.1. The fourth-order valence-corrected chi connectivity index (χ4v) is 5.96. The topological polar surface area (TPSA) is 97.7 Å². The number of anilines is 2. The first kappa shape index (κ1) is 29.0. The number of carbonyl (C=O) groups excluding carboxylic acids is 2. The summed E-state index contributed by atoms with van der Waals surface area (Å²) in [5.74, 6) is -0.621. The SMILES string of the molecule is COCC(=O)Nc1ccc(N2C(=S)N[C@@H](c3ccccn3)[C@@H]2c2cc(C)n(-c3ccccc3C(=O)OC)c2C)cc1C. The molecule has 1 aliphatic rings. The zero-order valence-electron chi connectivity index (χ0n) is 24.2. The minimum atomic E-state index is -0.399. The number of nitrogens with one attached hydrogen (secondary N) is 2. The maximum absolute atomic E-state index is 12.7. The molecule has 0 radical (unpaired) electrons. The van der Waals surface area contributed by atoms with E-state index >= 15 is 0 Å². The van der Waals surface area contributed by atoms with Gasteiger partial charge < -0.3 is 29.6 Å². The van der Waals surface area contributed by atoms with Crippen molar-refractivity contribution in [3.63, 3.8) is 0 Å². The second-order valence-corrected chi connectivity index (χ2v) is 10.5. The second-order valence-electron chi connectivity index (χ2n) is 10.1. The number of ether oxygens (including phenoxy) is 2. The van der Waals surface area contributed by atoms with Gasteiger partial charge in [0.2, 0.25) is 5.91 Å². The number of benzene rings is 2. The number of amides is 1. The molecule has 2 N–H and O–H groups in total. The van der Waals surface area contributed by atoms with E-state index in [1.165, 1.54) is 14.2 Å². The van der Waals surface area contributed by atoms with Crippen LogP contribution in [-0.4, -0.2) is 47.4 Å². The molecule has 1 amide bonds. The quantitative estimate of drug-likeness (QED) is 0.212. The van der Waals surface area contributed by atoms with Gasteiger partial charge in [-0.3, -0.25) is 9.78 Å². The Morgan fingerprint density at radius 2 is 1.79 bits per heavy atom. The van der Waals surface area contributed by atoms with Crippen molar-refractivity contribution in [3.05, 3.63) is 107 Å². The molecular formula is C32H33N5O4S. The van der Waals surface area contributed by atoms with E-state index in [2.05, 4.69) is 31.2 Å². The van der Waals surface area contributed by atoms with Gasteiger partial charge in [0, 0.05) is 36.1 Å². The lowest BCUT2D eigenvalue weighted by Crippen LogP contribution is -2.29. The molecular weight excluding hydrogens is 550 g/mol. The van der Waals surface area contributed by atoms with Crippen LogP contribution in [-0.2, 0) is 14.3 Å². The smallest absolute Gasteiger partial charge is 0.339 e. The lowest BCUT2D eigenvalue weighted by molar-refractivity contribution is -0.119. The number of hydrogen-bond donors (Lipinski definition) is 2. The third-order valence-corrected chi connectivity index (χ3v) is 7.79. The fraction of sp³-hybridized carbons (Fsp3) is 0.250. The van der Waals surface area contributed by atoms with Crippen LogP contribution in [0.5, 0.6) is 0 Å². The van der Waals surface area contributed by atoms with Crippen LogP contribution < -0.4 is 15.5 Å². The number of nitrogens with zero attached hydrogens (tertiary/aromatic N) is 3. The Bertz CT molecular complexity index is 1650. The summed E-state index contributed by atoms with van der Waals surface area (Å²) >= 11 is 5.94. The number of pyridine rings is 1. The van der Waals surface area contributed by atoms with Crippen molar-refractivity contribution < 1.29 is 19.1 Å². The molecule has 2 atom stereocenters. The van der Waals surface area contributed by atoms with Gasteiger partial charge in [-0.25, -0.2) is 4.79 Å². The van der Waals surface area contributed by atoms with Gasteiger partial charge in [0.15, 0.2) is 5.11 Å². The molecule has 0 saturated carbocycles. The number of para-hydroxylation sites is 1. The molecule has 0 unspecified atom stereocenters. The van der Waals surface area contributed by atoms with Crippen molar-refractivity contribution in [1.82, 2.24) is 14.9 Å². The monoisotopic (exact) mass is 583 g/mol. The van der Waals surface area contributed by atoms with E-state index in [0.29, 0.717) is 16.4 Å². The van der Waals surface area contributed by atoms with Crippen molar-refractivity contribution >= 4 is 40.6 Å². The van der Waals surface area contributed by atoms with E-state index in [-0.39, 0.29) is 24.6 Å². The van der Waals surface area contributed by atoms with Gasteiger partial charge in [-0.15, -0.1) is 0 Å². The molecule has 3 heterocycles. The number of esters is 1. The Morgan fingerprint density at radius 3 is 2.48 bits per heavy atom. The zero-order valence-corrected chi connectivity index (χ0v) is 25.0. The van der Waals surface area contributed by atoms with Crippen molar-refractivity contribution in [2.45, 2.75) is 32.9 Å². The summed E-state index contributed by atoms with van der Waals surface area (Å²) in [4.78, 5) is 31.6. The van der Waals surface area contributed by atoms with E-state index in [1.54, 1.807) is 12.3 Å². The van der Waals surface area contributed by atoms with E-state index in [9.17, 15) is 9.59 Å². The van der Waals surface area contributed by atoms with Gasteiger partial charge in [-0.05, 0) is 92.6 Å². The molecule has 1 fully saturated rings. The van der Waals surface area contributed by atoms with Crippen LogP contribution in [0.25, 0.3) is 5.69 Å². The summed E-state index contributed by atoms with van der Waals surface area (Å²) in [5.41, 5.74) is 7.50. The highest BCUT2D eigenvalue weighted by atomic mass is 32.1. The molecule has 1 saturated heterocycles. The Kier molecular flexibility index (Phi) is 8.37. The van der Waals surface area contributed by atoms with Crippen LogP contribution in [0.15, 0.2) is 72.9 Å². The number of methoxy groups -OCH3 is 2. The van der Waals surface area contributed by atoms with Crippen LogP contribution >= 0.6 is 12.2 Å². The Labute approximate surface area is 250 Å². The number of carbonyl (C=O) groups is 2. The summed E-state index contributed by atoms with van der Waals surface area (Å²) in [7, 11) is 2.87. The van der Waals surface area contributed by atoms with Crippen LogP contribution in [0.3, 0.4) is 0 Å². The Hall–Kier alpha value is -4.54. The highest BCUT2D eigenvalue weighted by Crippen LogP contribution is 2.44. The van der Waals surface area contributed by atoms with Gasteiger partial charge in [-0.2, -0.15) is 0 Å². The standard InChI is InChI=1S/C32H33N5O4S/c1-19-16-22(13-14-25(19)34-28(38)18-40-4)37-30(29(35-32(37)42)26-11-8-9-15-33-26)24-17-20(2)36(21(24)3)27-12-7-6-10-23(27)31(39)41-5/h6-17,29-30H,18H2,1-5H3,(H,34,38)(H,35,42)/t29-,30-/m0/s1. The number of thiocarbonyl (C=S) groups is 1. The molecule has 10 heteroatoms. The predicted octanol–water partition coefficient (Wildman–Crippen LogP) is 5.35. The molecule has 9 nitrogen and oxygen atoms in total. The molecule has 4 aromatic rings. The number of rotatable bonds is 8. The average Bonchev–Trinajstić information content (AvgIpc) is 3.48. The predicted molar refractivity (Wildman–Crippen MR) is 166 cm³/mol. The highest BCUT2D eigenvalue weighted by Gasteiger charge is 2.42. The van der Waals surface area contributed by atoms with Crippen LogP contribution in [0.4, 0.5) is 11.4 Å². The molecule has 216 valence electrons. The molecule has 1 aliphatic heterocycles. The zero-order chi connectivity index (χ0) is 30.0.